The minimum absolute atomic E-state index is 0.000510. The molecule has 0 saturated heterocycles. The third kappa shape index (κ3) is 3.43. The summed E-state index contributed by atoms with van der Waals surface area (Å²) in [6.07, 6.45) is -1.06. The van der Waals surface area contributed by atoms with E-state index in [1.165, 1.54) is 36.4 Å². The molecule has 0 aliphatic carbocycles. The first-order valence-electron chi connectivity index (χ1n) is 5.69. The van der Waals surface area contributed by atoms with Crippen LogP contribution in [-0.4, -0.2) is 11.7 Å². The van der Waals surface area contributed by atoms with Gasteiger partial charge in [0, 0.05) is 17.1 Å². The lowest BCUT2D eigenvalue weighted by Crippen LogP contribution is -2.14. The standard InChI is InChI=1S/C14H12ClF2NO/c15-9-5-6-13(12(17)7-9)18-8-14(19)10-3-1-2-4-11(10)16/h1-7,14,18-19H,8H2. The lowest BCUT2D eigenvalue weighted by atomic mass is 10.1. The normalized spacial score (nSPS) is 12.2. The number of halogens is 3. The molecule has 0 amide bonds. The highest BCUT2D eigenvalue weighted by Gasteiger charge is 2.12. The topological polar surface area (TPSA) is 32.3 Å². The number of aliphatic hydroxyl groups excluding tert-OH is 1. The van der Waals surface area contributed by atoms with E-state index in [0.717, 1.165) is 0 Å². The number of hydrogen-bond donors (Lipinski definition) is 2. The lowest BCUT2D eigenvalue weighted by Gasteiger charge is -2.14. The van der Waals surface area contributed by atoms with E-state index < -0.39 is 17.7 Å². The zero-order valence-electron chi connectivity index (χ0n) is 9.91. The van der Waals surface area contributed by atoms with E-state index in [1.807, 2.05) is 0 Å². The molecule has 0 saturated carbocycles. The van der Waals surface area contributed by atoms with E-state index in [-0.39, 0.29) is 22.8 Å². The minimum atomic E-state index is -1.06. The second kappa shape index (κ2) is 5.99. The van der Waals surface area contributed by atoms with Crippen molar-refractivity contribution in [3.8, 4) is 0 Å². The molecule has 2 aromatic carbocycles. The summed E-state index contributed by atoms with van der Waals surface area (Å²) >= 11 is 5.63. The Morgan fingerprint density at radius 3 is 2.53 bits per heavy atom. The Morgan fingerprint density at radius 2 is 1.84 bits per heavy atom. The summed E-state index contributed by atoms with van der Waals surface area (Å²) in [4.78, 5) is 0. The van der Waals surface area contributed by atoms with Crippen molar-refractivity contribution in [3.63, 3.8) is 0 Å². The third-order valence-corrected chi connectivity index (χ3v) is 2.92. The van der Waals surface area contributed by atoms with Gasteiger partial charge < -0.3 is 10.4 Å². The monoisotopic (exact) mass is 283 g/mol. The number of benzene rings is 2. The van der Waals surface area contributed by atoms with Crippen LogP contribution in [0.25, 0.3) is 0 Å². The van der Waals surface area contributed by atoms with Crippen molar-refractivity contribution in [3.05, 3.63) is 64.7 Å². The van der Waals surface area contributed by atoms with Crippen LogP contribution in [0, 0.1) is 11.6 Å². The maximum absolute atomic E-state index is 13.5. The van der Waals surface area contributed by atoms with Crippen LogP contribution >= 0.6 is 11.6 Å². The summed E-state index contributed by atoms with van der Waals surface area (Å²) < 4.78 is 26.9. The zero-order chi connectivity index (χ0) is 13.8. The van der Waals surface area contributed by atoms with Gasteiger partial charge in [-0.05, 0) is 24.3 Å². The summed E-state index contributed by atoms with van der Waals surface area (Å²) in [6, 6.07) is 10.1. The summed E-state index contributed by atoms with van der Waals surface area (Å²) in [5.74, 6) is -1.01. The fourth-order valence-corrected chi connectivity index (χ4v) is 1.85. The van der Waals surface area contributed by atoms with Gasteiger partial charge >= 0.3 is 0 Å². The van der Waals surface area contributed by atoms with Gasteiger partial charge in [-0.25, -0.2) is 8.78 Å². The van der Waals surface area contributed by atoms with Crippen molar-refractivity contribution in [2.24, 2.45) is 0 Å². The molecule has 0 bridgehead atoms. The van der Waals surface area contributed by atoms with Crippen LogP contribution in [0.1, 0.15) is 11.7 Å². The molecule has 2 aromatic rings. The first-order valence-corrected chi connectivity index (χ1v) is 6.07. The maximum atomic E-state index is 13.5. The number of aliphatic hydroxyl groups is 1. The molecule has 0 fully saturated rings. The van der Waals surface area contributed by atoms with E-state index in [1.54, 1.807) is 6.07 Å². The van der Waals surface area contributed by atoms with Gasteiger partial charge in [-0.1, -0.05) is 29.8 Å². The quantitative estimate of drug-likeness (QED) is 0.895. The van der Waals surface area contributed by atoms with Gasteiger partial charge in [0.25, 0.3) is 0 Å². The Kier molecular flexibility index (Phi) is 4.35. The van der Waals surface area contributed by atoms with Crippen LogP contribution in [0.15, 0.2) is 42.5 Å². The first kappa shape index (κ1) is 13.8. The predicted molar refractivity (Wildman–Crippen MR) is 71.3 cm³/mol. The van der Waals surface area contributed by atoms with Crippen LogP contribution < -0.4 is 5.32 Å². The van der Waals surface area contributed by atoms with Crippen molar-refractivity contribution in [1.82, 2.24) is 0 Å². The first-order chi connectivity index (χ1) is 9.08. The van der Waals surface area contributed by atoms with Gasteiger partial charge in [-0.2, -0.15) is 0 Å². The molecular formula is C14H12ClF2NO. The fourth-order valence-electron chi connectivity index (χ4n) is 1.69. The van der Waals surface area contributed by atoms with Crippen LogP contribution in [0.5, 0.6) is 0 Å². The number of rotatable bonds is 4. The van der Waals surface area contributed by atoms with Crippen LogP contribution in [0.4, 0.5) is 14.5 Å². The average Bonchev–Trinajstić information content (AvgIpc) is 2.38. The highest BCUT2D eigenvalue weighted by Crippen LogP contribution is 2.21. The Bertz CT molecular complexity index is 577. The Balaban J connectivity index is 2.04. The van der Waals surface area contributed by atoms with Crippen molar-refractivity contribution in [1.29, 1.82) is 0 Å². The second-order valence-corrected chi connectivity index (χ2v) is 4.48. The van der Waals surface area contributed by atoms with Gasteiger partial charge in [0.15, 0.2) is 0 Å². The molecular weight excluding hydrogens is 272 g/mol. The van der Waals surface area contributed by atoms with Gasteiger partial charge in [0.1, 0.15) is 11.6 Å². The van der Waals surface area contributed by atoms with Crippen molar-refractivity contribution >= 4 is 17.3 Å². The molecule has 1 atom stereocenters. The molecule has 2 rings (SSSR count). The Morgan fingerprint density at radius 1 is 1.11 bits per heavy atom. The summed E-state index contributed by atoms with van der Waals surface area (Å²) in [7, 11) is 0. The minimum Gasteiger partial charge on any atom is -0.386 e. The molecule has 0 heterocycles. The molecule has 0 spiro atoms. The molecule has 100 valence electrons. The SMILES string of the molecule is OC(CNc1ccc(Cl)cc1F)c1ccccc1F. The molecule has 19 heavy (non-hydrogen) atoms. The summed E-state index contributed by atoms with van der Waals surface area (Å²) in [5.41, 5.74) is 0.379. The number of anilines is 1. The number of nitrogens with one attached hydrogen (secondary N) is 1. The maximum Gasteiger partial charge on any atom is 0.147 e. The van der Waals surface area contributed by atoms with E-state index in [9.17, 15) is 13.9 Å². The van der Waals surface area contributed by atoms with Crippen molar-refractivity contribution < 1.29 is 13.9 Å². The van der Waals surface area contributed by atoms with Gasteiger partial charge in [-0.3, -0.25) is 0 Å². The highest BCUT2D eigenvalue weighted by atomic mass is 35.5. The predicted octanol–water partition coefficient (Wildman–Crippen LogP) is 3.76. The highest BCUT2D eigenvalue weighted by molar-refractivity contribution is 6.30. The Labute approximate surface area is 114 Å². The van der Waals surface area contributed by atoms with Crippen LogP contribution in [0.3, 0.4) is 0 Å². The largest absolute Gasteiger partial charge is 0.386 e. The van der Waals surface area contributed by atoms with E-state index >= 15 is 0 Å². The molecule has 0 aromatic heterocycles. The summed E-state index contributed by atoms with van der Waals surface area (Å²) in [6.45, 7) is -0.000510. The smallest absolute Gasteiger partial charge is 0.147 e. The lowest BCUT2D eigenvalue weighted by molar-refractivity contribution is 0.186. The fraction of sp³-hybridized carbons (Fsp3) is 0.143. The summed E-state index contributed by atoms with van der Waals surface area (Å²) in [5, 5.41) is 12.9. The van der Waals surface area contributed by atoms with Gasteiger partial charge in [0.2, 0.25) is 0 Å². The van der Waals surface area contributed by atoms with E-state index in [0.29, 0.717) is 0 Å². The molecule has 2 nitrogen and oxygen atoms in total. The van der Waals surface area contributed by atoms with Crippen LogP contribution in [-0.2, 0) is 0 Å². The van der Waals surface area contributed by atoms with E-state index in [4.69, 9.17) is 11.6 Å². The molecule has 0 radical (unpaired) electrons. The van der Waals surface area contributed by atoms with E-state index in [2.05, 4.69) is 5.32 Å². The molecule has 2 N–H and O–H groups in total. The average molecular weight is 284 g/mol. The molecule has 0 aliphatic heterocycles. The Hall–Kier alpha value is -1.65. The van der Waals surface area contributed by atoms with Gasteiger partial charge in [-0.15, -0.1) is 0 Å². The van der Waals surface area contributed by atoms with Crippen molar-refractivity contribution in [2.45, 2.75) is 6.10 Å². The molecule has 5 heteroatoms. The zero-order valence-corrected chi connectivity index (χ0v) is 10.7. The third-order valence-electron chi connectivity index (χ3n) is 2.68. The van der Waals surface area contributed by atoms with Crippen molar-refractivity contribution in [2.75, 3.05) is 11.9 Å². The molecule has 1 unspecified atom stereocenters. The second-order valence-electron chi connectivity index (χ2n) is 4.04. The van der Waals surface area contributed by atoms with Crippen LogP contribution in [0.2, 0.25) is 5.02 Å². The van der Waals surface area contributed by atoms with Gasteiger partial charge in [0.05, 0.1) is 11.8 Å². The molecule has 0 aliphatic rings. The number of hydrogen-bond acceptors (Lipinski definition) is 2.